The number of nitrogens with one attached hydrogen (secondary N) is 2. The van der Waals surface area contributed by atoms with Crippen molar-refractivity contribution in [2.24, 2.45) is 0 Å². The number of carbonyl (C=O) groups excluding carboxylic acids is 1. The van der Waals surface area contributed by atoms with Crippen LogP contribution in [0, 0.1) is 0 Å². The second-order valence-electron chi connectivity index (χ2n) is 5.07. The van der Waals surface area contributed by atoms with Gasteiger partial charge in [-0.25, -0.2) is 9.78 Å². The number of hydrogen-bond donors (Lipinski definition) is 2. The molecule has 0 saturated heterocycles. The highest BCUT2D eigenvalue weighted by Crippen LogP contribution is 2.33. The molecular weight excluding hydrogens is 381 g/mol. The molecule has 0 spiro atoms. The molecule has 25 heavy (non-hydrogen) atoms. The fourth-order valence-electron chi connectivity index (χ4n) is 2.42. The van der Waals surface area contributed by atoms with E-state index in [4.69, 9.17) is 27.9 Å². The van der Waals surface area contributed by atoms with Crippen molar-refractivity contribution in [1.82, 2.24) is 9.97 Å². The van der Waals surface area contributed by atoms with Crippen LogP contribution in [0.25, 0.3) is 11.0 Å². The first-order valence-corrected chi connectivity index (χ1v) is 9.48. The van der Waals surface area contributed by atoms with E-state index in [1.165, 1.54) is 11.8 Å². The highest BCUT2D eigenvalue weighted by Gasteiger charge is 2.19. The van der Waals surface area contributed by atoms with E-state index < -0.39 is 0 Å². The van der Waals surface area contributed by atoms with Crippen LogP contribution in [0.5, 0.6) is 0 Å². The van der Waals surface area contributed by atoms with Gasteiger partial charge in [0, 0.05) is 4.90 Å². The van der Waals surface area contributed by atoms with E-state index >= 15 is 0 Å². The van der Waals surface area contributed by atoms with Crippen molar-refractivity contribution in [3.05, 3.63) is 45.9 Å². The average Bonchev–Trinajstić information content (AvgIpc) is 3.00. The van der Waals surface area contributed by atoms with Crippen molar-refractivity contribution in [2.75, 3.05) is 18.2 Å². The van der Waals surface area contributed by atoms with Crippen molar-refractivity contribution in [2.45, 2.75) is 11.8 Å². The van der Waals surface area contributed by atoms with Gasteiger partial charge in [-0.05, 0) is 37.4 Å². The van der Waals surface area contributed by atoms with Crippen LogP contribution in [0.2, 0.25) is 10.0 Å². The number of ether oxygens (including phenoxy) is 1. The van der Waals surface area contributed by atoms with Gasteiger partial charge in [0.1, 0.15) is 0 Å². The molecule has 3 aromatic rings. The number of benzene rings is 2. The Kier molecular flexibility index (Phi) is 5.42. The molecule has 2 N–H and O–H groups in total. The minimum absolute atomic E-state index is 0.306. The molecule has 0 aliphatic carbocycles. The Morgan fingerprint density at radius 3 is 2.84 bits per heavy atom. The van der Waals surface area contributed by atoms with E-state index in [0.29, 0.717) is 44.9 Å². The molecule has 0 aliphatic heterocycles. The molecular formula is C17H15Cl2N3O2S. The van der Waals surface area contributed by atoms with Gasteiger partial charge in [0.15, 0.2) is 0 Å². The number of aromatic nitrogens is 2. The molecule has 5 nitrogen and oxygen atoms in total. The molecule has 0 amide bonds. The topological polar surface area (TPSA) is 67.0 Å². The van der Waals surface area contributed by atoms with Gasteiger partial charge in [-0.1, -0.05) is 29.3 Å². The van der Waals surface area contributed by atoms with E-state index in [2.05, 4.69) is 15.3 Å². The highest BCUT2D eigenvalue weighted by molar-refractivity contribution is 7.98. The number of nitrogens with zero attached hydrogens (tertiary/aromatic N) is 1. The van der Waals surface area contributed by atoms with Crippen LogP contribution in [0.3, 0.4) is 0 Å². The predicted octanol–water partition coefficient (Wildman–Crippen LogP) is 5.51. The van der Waals surface area contributed by atoms with Crippen LogP contribution in [0.4, 0.5) is 11.6 Å². The normalized spacial score (nSPS) is 10.9. The minimum atomic E-state index is -0.381. The van der Waals surface area contributed by atoms with Crippen LogP contribution in [-0.2, 0) is 4.74 Å². The molecule has 2 aromatic carbocycles. The Labute approximate surface area is 159 Å². The standard InChI is InChI=1S/C17H15Cl2N3O2S/c1-3-24-16(23)13-12(25-2)8-7-11-15(13)22-17(21-11)20-10-6-4-5-9(18)14(10)19/h4-8H,3H2,1-2H3,(H2,20,21,22). The summed E-state index contributed by atoms with van der Waals surface area (Å²) >= 11 is 13.7. The Morgan fingerprint density at radius 1 is 1.32 bits per heavy atom. The lowest BCUT2D eigenvalue weighted by Gasteiger charge is -2.07. The molecule has 1 heterocycles. The van der Waals surface area contributed by atoms with Crippen LogP contribution >= 0.6 is 35.0 Å². The summed E-state index contributed by atoms with van der Waals surface area (Å²) in [5.41, 5.74) is 2.37. The molecule has 8 heteroatoms. The molecule has 130 valence electrons. The Bertz CT molecular complexity index is 943. The van der Waals surface area contributed by atoms with E-state index in [0.717, 1.165) is 4.90 Å². The molecule has 0 atom stereocenters. The zero-order valence-electron chi connectivity index (χ0n) is 13.5. The Morgan fingerprint density at radius 2 is 2.12 bits per heavy atom. The van der Waals surface area contributed by atoms with E-state index in [-0.39, 0.29) is 5.97 Å². The molecule has 0 fully saturated rings. The maximum Gasteiger partial charge on any atom is 0.341 e. The number of esters is 1. The smallest absolute Gasteiger partial charge is 0.341 e. The number of H-pyrrole nitrogens is 1. The van der Waals surface area contributed by atoms with Gasteiger partial charge in [-0.15, -0.1) is 11.8 Å². The second kappa shape index (κ2) is 7.56. The summed E-state index contributed by atoms with van der Waals surface area (Å²) in [4.78, 5) is 20.8. The SMILES string of the molecule is CCOC(=O)c1c(SC)ccc2nc(Nc3cccc(Cl)c3Cl)[nH]c12. The van der Waals surface area contributed by atoms with Crippen molar-refractivity contribution >= 4 is 63.6 Å². The summed E-state index contributed by atoms with van der Waals surface area (Å²) in [6.45, 7) is 2.08. The number of imidazole rings is 1. The van der Waals surface area contributed by atoms with Crippen LogP contribution in [0.15, 0.2) is 35.2 Å². The summed E-state index contributed by atoms with van der Waals surface area (Å²) in [7, 11) is 0. The number of aromatic amines is 1. The quantitative estimate of drug-likeness (QED) is 0.440. The molecule has 0 radical (unpaired) electrons. The number of fused-ring (bicyclic) bond motifs is 1. The fourth-order valence-corrected chi connectivity index (χ4v) is 3.36. The van der Waals surface area contributed by atoms with Gasteiger partial charge in [0.2, 0.25) is 5.95 Å². The molecule has 0 unspecified atom stereocenters. The number of carbonyl (C=O) groups is 1. The van der Waals surface area contributed by atoms with E-state index in [1.54, 1.807) is 25.1 Å². The lowest BCUT2D eigenvalue weighted by molar-refractivity contribution is 0.0524. The molecule has 0 bridgehead atoms. The van der Waals surface area contributed by atoms with Crippen molar-refractivity contribution in [3.63, 3.8) is 0 Å². The number of thioether (sulfide) groups is 1. The summed E-state index contributed by atoms with van der Waals surface area (Å²) in [5.74, 6) is 0.0800. The lowest BCUT2D eigenvalue weighted by atomic mass is 10.2. The van der Waals surface area contributed by atoms with Gasteiger partial charge in [0.05, 0.1) is 38.9 Å². The fraction of sp³-hybridized carbons (Fsp3) is 0.176. The number of hydrogen-bond acceptors (Lipinski definition) is 5. The van der Waals surface area contributed by atoms with Gasteiger partial charge < -0.3 is 15.0 Å². The molecule has 1 aromatic heterocycles. The molecule has 3 rings (SSSR count). The first-order chi connectivity index (χ1) is 12.0. The van der Waals surface area contributed by atoms with Gasteiger partial charge >= 0.3 is 5.97 Å². The first kappa shape index (κ1) is 17.9. The minimum Gasteiger partial charge on any atom is -0.462 e. The second-order valence-corrected chi connectivity index (χ2v) is 6.70. The Hall–Kier alpha value is -1.89. The third-order valence-electron chi connectivity index (χ3n) is 3.52. The van der Waals surface area contributed by atoms with Crippen molar-refractivity contribution in [3.8, 4) is 0 Å². The van der Waals surface area contributed by atoms with Crippen LogP contribution in [0.1, 0.15) is 17.3 Å². The number of rotatable bonds is 5. The largest absolute Gasteiger partial charge is 0.462 e. The first-order valence-electron chi connectivity index (χ1n) is 7.50. The van der Waals surface area contributed by atoms with Gasteiger partial charge in [0.25, 0.3) is 0 Å². The summed E-state index contributed by atoms with van der Waals surface area (Å²) in [5, 5.41) is 3.94. The average molecular weight is 396 g/mol. The third kappa shape index (κ3) is 3.56. The third-order valence-corrected chi connectivity index (χ3v) is 5.12. The number of halogens is 2. The highest BCUT2D eigenvalue weighted by atomic mass is 35.5. The summed E-state index contributed by atoms with van der Waals surface area (Å²) in [6, 6.07) is 8.99. The van der Waals surface area contributed by atoms with Crippen molar-refractivity contribution < 1.29 is 9.53 Å². The monoisotopic (exact) mass is 395 g/mol. The maximum absolute atomic E-state index is 12.4. The maximum atomic E-state index is 12.4. The van der Waals surface area contributed by atoms with Crippen LogP contribution in [-0.4, -0.2) is 28.8 Å². The zero-order valence-corrected chi connectivity index (χ0v) is 15.9. The number of anilines is 2. The molecule has 0 saturated carbocycles. The predicted molar refractivity (Wildman–Crippen MR) is 104 cm³/mol. The molecule has 0 aliphatic rings. The lowest BCUT2D eigenvalue weighted by Crippen LogP contribution is -2.07. The van der Waals surface area contributed by atoms with Crippen LogP contribution < -0.4 is 5.32 Å². The van der Waals surface area contributed by atoms with E-state index in [1.807, 2.05) is 18.4 Å². The van der Waals surface area contributed by atoms with Gasteiger partial charge in [-0.3, -0.25) is 0 Å². The Balaban J connectivity index is 2.06. The summed E-state index contributed by atoms with van der Waals surface area (Å²) < 4.78 is 5.18. The van der Waals surface area contributed by atoms with Crippen molar-refractivity contribution in [1.29, 1.82) is 0 Å². The zero-order chi connectivity index (χ0) is 18.0. The van der Waals surface area contributed by atoms with E-state index in [9.17, 15) is 4.79 Å². The van der Waals surface area contributed by atoms with Gasteiger partial charge in [-0.2, -0.15) is 0 Å². The summed E-state index contributed by atoms with van der Waals surface area (Å²) in [6.07, 6.45) is 1.91.